The molecule has 11 heteroatoms. The zero-order valence-corrected chi connectivity index (χ0v) is 25.8. The van der Waals surface area contributed by atoms with Crippen LogP contribution in [0.4, 0.5) is 17.1 Å². The summed E-state index contributed by atoms with van der Waals surface area (Å²) < 4.78 is 9.13. The summed E-state index contributed by atoms with van der Waals surface area (Å²) >= 11 is 2.74. The average Bonchev–Trinajstić information content (AvgIpc) is 3.72. The van der Waals surface area contributed by atoms with Crippen molar-refractivity contribution < 1.29 is 38.9 Å². The van der Waals surface area contributed by atoms with E-state index in [9.17, 15) is 29.4 Å². The summed E-state index contributed by atoms with van der Waals surface area (Å²) in [5.41, 5.74) is 5.81. The van der Waals surface area contributed by atoms with Gasteiger partial charge in [-0.1, -0.05) is 42.0 Å². The summed E-state index contributed by atoms with van der Waals surface area (Å²) in [4.78, 5) is 49.1. The number of aliphatic carboxylic acids is 2. The average molecular weight is 652 g/mol. The molecule has 0 amide bonds. The Morgan fingerprint density at radius 1 is 0.587 bits per heavy atom. The van der Waals surface area contributed by atoms with E-state index in [0.717, 1.165) is 43.5 Å². The second-order valence-corrected chi connectivity index (χ2v) is 12.0. The second kappa shape index (κ2) is 14.3. The van der Waals surface area contributed by atoms with E-state index in [1.807, 2.05) is 79.7 Å². The Morgan fingerprint density at radius 3 is 1.30 bits per heavy atom. The van der Waals surface area contributed by atoms with E-state index < -0.39 is 23.5 Å². The first-order valence-corrected chi connectivity index (χ1v) is 15.3. The zero-order valence-electron chi connectivity index (χ0n) is 24.2. The van der Waals surface area contributed by atoms with Gasteiger partial charge in [-0.3, -0.25) is 9.59 Å². The molecule has 0 aliphatic carbocycles. The number of hydrogen-bond acceptors (Lipinski definition) is 9. The van der Waals surface area contributed by atoms with Gasteiger partial charge in [-0.15, -0.1) is 22.7 Å². The number of aryl methyl sites for hydroxylation is 1. The minimum atomic E-state index is -1.33. The smallest absolute Gasteiger partial charge is 0.371 e. The summed E-state index contributed by atoms with van der Waals surface area (Å²) in [6.07, 6.45) is 2.62. The van der Waals surface area contributed by atoms with Gasteiger partial charge < -0.3 is 24.6 Å². The molecule has 0 spiro atoms. The van der Waals surface area contributed by atoms with E-state index in [1.165, 1.54) is 34.8 Å². The molecular weight excluding hydrogens is 627 g/mol. The summed E-state index contributed by atoms with van der Waals surface area (Å²) in [5, 5.41) is 18.5. The molecule has 0 saturated heterocycles. The number of nitrogens with zero attached hydrogens (tertiary/aromatic N) is 1. The summed E-state index contributed by atoms with van der Waals surface area (Å²) in [5.74, 6) is -3.57. The van der Waals surface area contributed by atoms with E-state index in [0.29, 0.717) is 9.75 Å². The van der Waals surface area contributed by atoms with Gasteiger partial charge in [0.05, 0.1) is 0 Å². The Hall–Kier alpha value is -5.78. The fraction of sp³-hybridized carbons (Fsp3) is 0.0286. The van der Waals surface area contributed by atoms with Gasteiger partial charge in [-0.05, 0) is 78.7 Å². The molecule has 0 radical (unpaired) electrons. The molecule has 5 aromatic rings. The zero-order chi connectivity index (χ0) is 32.6. The lowest BCUT2D eigenvalue weighted by Gasteiger charge is -2.26. The highest BCUT2D eigenvalue weighted by molar-refractivity contribution is 7.16. The van der Waals surface area contributed by atoms with Crippen LogP contribution >= 0.6 is 22.7 Å². The number of anilines is 3. The fourth-order valence-corrected chi connectivity index (χ4v) is 6.41. The van der Waals surface area contributed by atoms with E-state index >= 15 is 0 Å². The van der Waals surface area contributed by atoms with Crippen molar-refractivity contribution >= 4 is 76.8 Å². The molecule has 3 aromatic carbocycles. The maximum absolute atomic E-state index is 11.3. The van der Waals surface area contributed by atoms with Gasteiger partial charge >= 0.3 is 11.9 Å². The Balaban J connectivity index is 1.43. The second-order valence-electron chi connectivity index (χ2n) is 9.72. The summed E-state index contributed by atoms with van der Waals surface area (Å²) in [6, 6.07) is 31.5. The van der Waals surface area contributed by atoms with Gasteiger partial charge in [-0.2, -0.15) is 0 Å². The Labute approximate surface area is 271 Å². The molecule has 2 N–H and O–H groups in total. The van der Waals surface area contributed by atoms with Crippen molar-refractivity contribution in [2.75, 3.05) is 4.90 Å². The van der Waals surface area contributed by atoms with Crippen molar-refractivity contribution in [3.05, 3.63) is 124 Å². The topological polar surface area (TPSA) is 130 Å². The first kappa shape index (κ1) is 31.6. The van der Waals surface area contributed by atoms with Crippen LogP contribution in [0.5, 0.6) is 0 Å². The van der Waals surface area contributed by atoms with Crippen LogP contribution in [0.1, 0.15) is 15.3 Å². The lowest BCUT2D eigenvalue weighted by Crippen LogP contribution is -2.09. The van der Waals surface area contributed by atoms with E-state index in [2.05, 4.69) is 26.5 Å². The third kappa shape index (κ3) is 7.46. The number of carboxylic acids is 2. The standard InChI is InChI=1S/C35H25NO8S2/c1-22-2-8-25(9-3-22)36(26-10-4-23(5-11-26)32-16-14-28(45-32)18-30(34(39)40)43-20-37)27-12-6-24(7-13-27)33-17-15-29(46-33)19-31(35(41)42)44-21-38/h2-21H,1H3,(H,39,40)(H,41,42)/b30-18-,31-19+. The lowest BCUT2D eigenvalue weighted by molar-refractivity contribution is -0.141. The highest BCUT2D eigenvalue weighted by atomic mass is 32.1. The summed E-state index contributed by atoms with van der Waals surface area (Å²) in [6.45, 7) is 2.20. The summed E-state index contributed by atoms with van der Waals surface area (Å²) in [7, 11) is 0. The van der Waals surface area contributed by atoms with Gasteiger partial charge in [-0.25, -0.2) is 9.59 Å². The van der Waals surface area contributed by atoms with Crippen molar-refractivity contribution in [2.24, 2.45) is 0 Å². The molecule has 0 unspecified atom stereocenters. The van der Waals surface area contributed by atoms with Crippen LogP contribution in [0.2, 0.25) is 0 Å². The predicted molar refractivity (Wildman–Crippen MR) is 178 cm³/mol. The molecular formula is C35H25NO8S2. The number of thiophene rings is 2. The highest BCUT2D eigenvalue weighted by Gasteiger charge is 2.15. The minimum Gasteiger partial charge on any atom is -0.475 e. The third-order valence-corrected chi connectivity index (χ3v) is 8.85. The molecule has 0 atom stereocenters. The van der Waals surface area contributed by atoms with Gasteiger partial charge in [0.2, 0.25) is 11.5 Å². The number of hydrogen-bond donors (Lipinski definition) is 2. The first-order chi connectivity index (χ1) is 22.2. The lowest BCUT2D eigenvalue weighted by atomic mass is 10.1. The van der Waals surface area contributed by atoms with Crippen molar-refractivity contribution in [3.63, 3.8) is 0 Å². The monoisotopic (exact) mass is 651 g/mol. The maximum atomic E-state index is 11.3. The van der Waals surface area contributed by atoms with Gasteiger partial charge in [0.25, 0.3) is 12.9 Å². The third-order valence-electron chi connectivity index (χ3n) is 6.68. The first-order valence-electron chi connectivity index (χ1n) is 13.6. The van der Waals surface area contributed by atoms with Crippen LogP contribution in [0.25, 0.3) is 33.0 Å². The minimum absolute atomic E-state index is 0.0874. The molecule has 0 fully saturated rings. The predicted octanol–water partition coefficient (Wildman–Crippen LogP) is 8.12. The van der Waals surface area contributed by atoms with Gasteiger partial charge in [0.15, 0.2) is 0 Å². The maximum Gasteiger partial charge on any atom is 0.371 e. The highest BCUT2D eigenvalue weighted by Crippen LogP contribution is 2.38. The Bertz CT molecular complexity index is 1820. The number of carbonyl (C=O) groups is 4. The van der Waals surface area contributed by atoms with Crippen LogP contribution in [-0.4, -0.2) is 35.1 Å². The molecule has 0 aliphatic heterocycles. The molecule has 5 rings (SSSR count). The molecule has 0 saturated carbocycles. The van der Waals surface area contributed by atoms with E-state index in [1.54, 1.807) is 12.1 Å². The molecule has 2 aromatic heterocycles. The molecule has 2 heterocycles. The van der Waals surface area contributed by atoms with Crippen LogP contribution in [0.3, 0.4) is 0 Å². The molecule has 0 bridgehead atoms. The molecule has 0 aliphatic rings. The van der Waals surface area contributed by atoms with Crippen LogP contribution in [-0.2, 0) is 28.7 Å². The van der Waals surface area contributed by atoms with Gasteiger partial charge in [0, 0.05) is 48.7 Å². The Kier molecular flexibility index (Phi) is 9.86. The largest absolute Gasteiger partial charge is 0.475 e. The molecule has 230 valence electrons. The van der Waals surface area contributed by atoms with Crippen molar-refractivity contribution in [1.29, 1.82) is 0 Å². The van der Waals surface area contributed by atoms with Crippen LogP contribution < -0.4 is 4.90 Å². The van der Waals surface area contributed by atoms with Crippen molar-refractivity contribution in [2.45, 2.75) is 6.92 Å². The number of rotatable bonds is 13. The number of ether oxygens (including phenoxy) is 2. The van der Waals surface area contributed by atoms with Crippen molar-refractivity contribution in [1.82, 2.24) is 0 Å². The normalized spacial score (nSPS) is 11.5. The van der Waals surface area contributed by atoms with Crippen LogP contribution in [0.15, 0.2) is 109 Å². The molecule has 9 nitrogen and oxygen atoms in total. The number of benzene rings is 3. The number of carboxylic acid groups (broad SMARTS) is 2. The number of carbonyl (C=O) groups excluding carboxylic acids is 2. The molecule has 46 heavy (non-hydrogen) atoms. The van der Waals surface area contributed by atoms with E-state index in [4.69, 9.17) is 0 Å². The van der Waals surface area contributed by atoms with Crippen molar-refractivity contribution in [3.8, 4) is 20.9 Å². The SMILES string of the molecule is Cc1ccc(N(c2ccc(-c3ccc(/C=C(\OC=O)C(=O)O)s3)cc2)c2ccc(-c3ccc(/C=C(/OC=O)C(=O)O)s3)cc2)cc1. The fourth-order valence-electron chi connectivity index (χ4n) is 4.52. The quantitative estimate of drug-likeness (QED) is 0.0736. The van der Waals surface area contributed by atoms with Crippen LogP contribution in [0, 0.1) is 6.92 Å². The van der Waals surface area contributed by atoms with Gasteiger partial charge in [0.1, 0.15) is 0 Å². The van der Waals surface area contributed by atoms with E-state index in [-0.39, 0.29) is 12.9 Å². The Morgan fingerprint density at radius 2 is 0.957 bits per heavy atom.